The van der Waals surface area contributed by atoms with E-state index in [4.69, 9.17) is 4.74 Å². The zero-order chi connectivity index (χ0) is 20.1. The van der Waals surface area contributed by atoms with Crippen LogP contribution in [-0.2, 0) is 4.79 Å². The average molecular weight is 404 g/mol. The smallest absolute Gasteiger partial charge is 0.322 e. The first-order chi connectivity index (χ1) is 13.5. The van der Waals surface area contributed by atoms with E-state index in [0.717, 1.165) is 5.00 Å². The third-order valence-corrected chi connectivity index (χ3v) is 5.34. The highest BCUT2D eigenvalue weighted by Gasteiger charge is 2.28. The van der Waals surface area contributed by atoms with Crippen LogP contribution in [0.2, 0.25) is 0 Å². The number of thiophene rings is 1. The van der Waals surface area contributed by atoms with Gasteiger partial charge >= 0.3 is 6.03 Å². The van der Waals surface area contributed by atoms with Crippen LogP contribution in [0, 0.1) is 16.0 Å². The van der Waals surface area contributed by atoms with Crippen molar-refractivity contribution in [3.8, 4) is 5.75 Å². The van der Waals surface area contributed by atoms with Crippen LogP contribution in [0.1, 0.15) is 12.8 Å². The minimum absolute atomic E-state index is 0.111. The predicted molar refractivity (Wildman–Crippen MR) is 106 cm³/mol. The Balaban J connectivity index is 1.55. The van der Waals surface area contributed by atoms with Crippen molar-refractivity contribution in [1.82, 2.24) is 4.90 Å². The molecule has 1 aliphatic heterocycles. The van der Waals surface area contributed by atoms with Gasteiger partial charge in [-0.3, -0.25) is 20.2 Å². The molecule has 1 aromatic heterocycles. The van der Waals surface area contributed by atoms with E-state index < -0.39 is 4.92 Å². The largest absolute Gasteiger partial charge is 0.494 e. The lowest BCUT2D eigenvalue weighted by Crippen LogP contribution is -2.43. The number of rotatable bonds is 5. The van der Waals surface area contributed by atoms with Crippen molar-refractivity contribution in [2.45, 2.75) is 12.8 Å². The van der Waals surface area contributed by atoms with E-state index in [-0.39, 0.29) is 29.3 Å². The van der Waals surface area contributed by atoms with E-state index in [1.165, 1.54) is 36.6 Å². The molecule has 1 saturated heterocycles. The van der Waals surface area contributed by atoms with Crippen LogP contribution in [-0.4, -0.2) is 42.0 Å². The Kier molecular flexibility index (Phi) is 6.09. The number of nitro benzene ring substituents is 1. The third-order valence-electron chi connectivity index (χ3n) is 4.56. The molecule has 2 heterocycles. The summed E-state index contributed by atoms with van der Waals surface area (Å²) in [6, 6.07) is 7.57. The molecule has 0 aliphatic carbocycles. The Bertz CT molecular complexity index is 863. The third kappa shape index (κ3) is 4.58. The van der Waals surface area contributed by atoms with Crippen LogP contribution in [0.5, 0.6) is 5.75 Å². The number of amides is 3. The lowest BCUT2D eigenvalue weighted by atomic mass is 9.96. The molecule has 0 radical (unpaired) electrons. The van der Waals surface area contributed by atoms with Crippen molar-refractivity contribution in [2.24, 2.45) is 5.92 Å². The molecular formula is C18H20N4O5S. The van der Waals surface area contributed by atoms with Crippen LogP contribution in [0.15, 0.2) is 35.7 Å². The van der Waals surface area contributed by atoms with Crippen LogP contribution < -0.4 is 15.4 Å². The molecule has 9 nitrogen and oxygen atoms in total. The van der Waals surface area contributed by atoms with Gasteiger partial charge < -0.3 is 15.0 Å². The van der Waals surface area contributed by atoms with Gasteiger partial charge in [0.1, 0.15) is 5.75 Å². The maximum absolute atomic E-state index is 12.6. The van der Waals surface area contributed by atoms with Gasteiger partial charge in [-0.15, -0.1) is 11.3 Å². The number of methoxy groups -OCH3 is 1. The van der Waals surface area contributed by atoms with Crippen molar-refractivity contribution in [3.63, 3.8) is 0 Å². The number of non-ortho nitro benzene ring substituents is 1. The molecule has 148 valence electrons. The molecule has 0 unspecified atom stereocenters. The zero-order valence-electron chi connectivity index (χ0n) is 15.2. The Morgan fingerprint density at radius 3 is 2.61 bits per heavy atom. The normalized spacial score (nSPS) is 14.4. The van der Waals surface area contributed by atoms with E-state index in [0.29, 0.717) is 31.6 Å². The summed E-state index contributed by atoms with van der Waals surface area (Å²) >= 11 is 1.45. The van der Waals surface area contributed by atoms with Crippen molar-refractivity contribution >= 4 is 39.7 Å². The summed E-state index contributed by atoms with van der Waals surface area (Å²) in [6.45, 7) is 0.958. The first-order valence-corrected chi connectivity index (χ1v) is 9.58. The zero-order valence-corrected chi connectivity index (χ0v) is 16.0. The molecule has 10 heteroatoms. The molecule has 1 aromatic carbocycles. The lowest BCUT2D eigenvalue weighted by molar-refractivity contribution is -0.384. The Morgan fingerprint density at radius 1 is 1.25 bits per heavy atom. The maximum atomic E-state index is 12.6. The standard InChI is InChI=1S/C18H20N4O5S/c1-27-15-11-13(22(25)26)4-5-14(15)19-17(23)12-6-8-21(9-7-12)18(24)20-16-3-2-10-28-16/h2-5,10-12H,6-9H2,1H3,(H,19,23)(H,20,24). The molecule has 0 saturated carbocycles. The van der Waals surface area contributed by atoms with Gasteiger partial charge in [0, 0.05) is 25.1 Å². The number of nitrogens with one attached hydrogen (secondary N) is 2. The fourth-order valence-corrected chi connectivity index (χ4v) is 3.62. The van der Waals surface area contributed by atoms with Gasteiger partial charge in [-0.1, -0.05) is 0 Å². The Hall–Kier alpha value is -3.14. The number of nitrogens with zero attached hydrogens (tertiary/aromatic N) is 2. The van der Waals surface area contributed by atoms with E-state index in [1.807, 2.05) is 17.5 Å². The van der Waals surface area contributed by atoms with Crippen LogP contribution in [0.25, 0.3) is 0 Å². The second-order valence-corrected chi connectivity index (χ2v) is 7.25. The van der Waals surface area contributed by atoms with Crippen molar-refractivity contribution < 1.29 is 19.2 Å². The second kappa shape index (κ2) is 8.70. The van der Waals surface area contributed by atoms with Gasteiger partial charge in [-0.05, 0) is 36.4 Å². The van der Waals surface area contributed by atoms with Crippen molar-refractivity contribution in [2.75, 3.05) is 30.8 Å². The number of hydrogen-bond acceptors (Lipinski definition) is 6. The molecule has 2 N–H and O–H groups in total. The van der Waals surface area contributed by atoms with Crippen LogP contribution >= 0.6 is 11.3 Å². The molecule has 28 heavy (non-hydrogen) atoms. The van der Waals surface area contributed by atoms with E-state index >= 15 is 0 Å². The number of carbonyl (C=O) groups excluding carboxylic acids is 2. The number of ether oxygens (including phenoxy) is 1. The highest BCUT2D eigenvalue weighted by Crippen LogP contribution is 2.30. The minimum Gasteiger partial charge on any atom is -0.494 e. The van der Waals surface area contributed by atoms with Crippen LogP contribution in [0.4, 0.5) is 21.2 Å². The number of anilines is 2. The molecule has 0 spiro atoms. The number of piperidine rings is 1. The van der Waals surface area contributed by atoms with Gasteiger partial charge in [-0.2, -0.15) is 0 Å². The summed E-state index contributed by atoms with van der Waals surface area (Å²) in [7, 11) is 1.39. The summed E-state index contributed by atoms with van der Waals surface area (Å²) in [5.74, 6) is -0.202. The van der Waals surface area contributed by atoms with Gasteiger partial charge in [0.05, 0.1) is 28.8 Å². The van der Waals surface area contributed by atoms with Crippen molar-refractivity contribution in [1.29, 1.82) is 0 Å². The second-order valence-electron chi connectivity index (χ2n) is 6.30. The molecule has 3 amide bonds. The molecule has 2 aromatic rings. The number of hydrogen-bond donors (Lipinski definition) is 2. The molecular weight excluding hydrogens is 384 g/mol. The number of urea groups is 1. The van der Waals surface area contributed by atoms with E-state index in [1.54, 1.807) is 4.90 Å². The lowest BCUT2D eigenvalue weighted by Gasteiger charge is -2.31. The molecule has 1 aliphatic rings. The van der Waals surface area contributed by atoms with Gasteiger partial charge in [0.2, 0.25) is 5.91 Å². The molecule has 3 rings (SSSR count). The quantitative estimate of drug-likeness (QED) is 0.584. The van der Waals surface area contributed by atoms with Crippen molar-refractivity contribution in [3.05, 3.63) is 45.8 Å². The van der Waals surface area contributed by atoms with Gasteiger partial charge in [0.15, 0.2) is 0 Å². The van der Waals surface area contributed by atoms with E-state index in [9.17, 15) is 19.7 Å². The molecule has 0 atom stereocenters. The summed E-state index contributed by atoms with van der Waals surface area (Å²) in [4.78, 5) is 36.9. The molecule has 0 bridgehead atoms. The average Bonchev–Trinajstić information content (AvgIpc) is 3.21. The maximum Gasteiger partial charge on any atom is 0.322 e. The highest BCUT2D eigenvalue weighted by atomic mass is 32.1. The Morgan fingerprint density at radius 2 is 2.00 bits per heavy atom. The highest BCUT2D eigenvalue weighted by molar-refractivity contribution is 7.14. The monoisotopic (exact) mass is 404 g/mol. The Labute approximate surface area is 165 Å². The summed E-state index contributed by atoms with van der Waals surface area (Å²) in [5.41, 5.74) is 0.274. The predicted octanol–water partition coefficient (Wildman–Crippen LogP) is 3.55. The first kappa shape index (κ1) is 19.6. The first-order valence-electron chi connectivity index (χ1n) is 8.70. The number of nitro groups is 1. The number of carbonyl (C=O) groups is 2. The fraction of sp³-hybridized carbons (Fsp3) is 0.333. The molecule has 1 fully saturated rings. The number of benzene rings is 1. The summed E-state index contributed by atoms with van der Waals surface area (Å²) < 4.78 is 5.14. The number of likely N-dealkylation sites (tertiary alicyclic amines) is 1. The topological polar surface area (TPSA) is 114 Å². The SMILES string of the molecule is COc1cc([N+](=O)[O-])ccc1NC(=O)C1CCN(C(=O)Nc2cccs2)CC1. The summed E-state index contributed by atoms with van der Waals surface area (Å²) in [5, 5.41) is 19.1. The fourth-order valence-electron chi connectivity index (χ4n) is 3.01. The van der Waals surface area contributed by atoms with Gasteiger partial charge in [-0.25, -0.2) is 4.79 Å². The van der Waals surface area contributed by atoms with Crippen LogP contribution in [0.3, 0.4) is 0 Å². The van der Waals surface area contributed by atoms with E-state index in [2.05, 4.69) is 10.6 Å². The van der Waals surface area contributed by atoms with Gasteiger partial charge in [0.25, 0.3) is 5.69 Å². The summed E-state index contributed by atoms with van der Waals surface area (Å²) in [6.07, 6.45) is 1.08. The minimum atomic E-state index is -0.523.